The molecule has 0 aromatic rings. The third-order valence-electron chi connectivity index (χ3n) is 3.22. The van der Waals surface area contributed by atoms with Crippen LogP contribution in [0.4, 0.5) is 0 Å². The summed E-state index contributed by atoms with van der Waals surface area (Å²) in [5, 5.41) is 0. The van der Waals surface area contributed by atoms with Crippen molar-refractivity contribution in [2.45, 2.75) is 51.4 Å². The molecule has 0 aliphatic heterocycles. The fourth-order valence-electron chi connectivity index (χ4n) is 2.31. The molecule has 0 aromatic heterocycles. The highest BCUT2D eigenvalue weighted by atomic mass is 79.9. The Morgan fingerprint density at radius 3 is 2.50 bits per heavy atom. The van der Waals surface area contributed by atoms with E-state index in [1.807, 2.05) is 0 Å². The Morgan fingerprint density at radius 2 is 2.00 bits per heavy atom. The molecule has 1 aliphatic rings. The van der Waals surface area contributed by atoms with Crippen molar-refractivity contribution in [3.63, 3.8) is 0 Å². The Hall–Kier alpha value is -0.110. The van der Waals surface area contributed by atoms with Gasteiger partial charge in [-0.05, 0) is 36.6 Å². The second-order valence-corrected chi connectivity index (χ2v) is 5.53. The van der Waals surface area contributed by atoms with E-state index in [-0.39, 0.29) is 5.41 Å². The average Bonchev–Trinajstić information content (AvgIpc) is 2.19. The molecule has 14 heavy (non-hydrogen) atoms. The van der Waals surface area contributed by atoms with Crippen LogP contribution in [-0.4, -0.2) is 6.29 Å². The topological polar surface area (TPSA) is 17.1 Å². The Bertz CT molecular complexity index is 204. The van der Waals surface area contributed by atoms with Gasteiger partial charge < -0.3 is 4.79 Å². The molecule has 0 saturated heterocycles. The Kier molecular flexibility index (Phi) is 4.86. The van der Waals surface area contributed by atoms with Crippen molar-refractivity contribution in [1.29, 1.82) is 0 Å². The van der Waals surface area contributed by atoms with Crippen molar-refractivity contribution < 1.29 is 4.79 Å². The van der Waals surface area contributed by atoms with Crippen LogP contribution in [-0.2, 0) is 4.79 Å². The predicted octanol–water partition coefficient (Wildman–Crippen LogP) is 4.21. The van der Waals surface area contributed by atoms with E-state index >= 15 is 0 Å². The molecule has 1 saturated carbocycles. The van der Waals surface area contributed by atoms with Crippen molar-refractivity contribution in [2.75, 3.05) is 0 Å². The highest BCUT2D eigenvalue weighted by molar-refractivity contribution is 9.11. The minimum Gasteiger partial charge on any atom is -0.303 e. The Labute approximate surface area is 95.1 Å². The van der Waals surface area contributed by atoms with E-state index in [0.717, 1.165) is 36.6 Å². The normalized spacial score (nSPS) is 20.4. The molecule has 0 spiro atoms. The third kappa shape index (κ3) is 3.56. The quantitative estimate of drug-likeness (QED) is 0.676. The molecule has 0 radical (unpaired) electrons. The zero-order valence-electron chi connectivity index (χ0n) is 8.73. The standard InChI is InChI=1S/C12H19BrO/c1-11(13)6-5-9-12(10-14)7-3-2-4-8-12/h10H,1-9H2. The van der Waals surface area contributed by atoms with Crippen molar-refractivity contribution in [3.05, 3.63) is 11.1 Å². The molecule has 0 N–H and O–H groups in total. The van der Waals surface area contributed by atoms with Crippen LogP contribution in [0.2, 0.25) is 0 Å². The molecule has 0 amide bonds. The van der Waals surface area contributed by atoms with Gasteiger partial charge in [-0.15, -0.1) is 0 Å². The number of aldehydes is 1. The van der Waals surface area contributed by atoms with Crippen LogP contribution in [0.5, 0.6) is 0 Å². The van der Waals surface area contributed by atoms with Gasteiger partial charge in [0.05, 0.1) is 0 Å². The molecule has 80 valence electrons. The molecule has 1 fully saturated rings. The largest absolute Gasteiger partial charge is 0.303 e. The van der Waals surface area contributed by atoms with Crippen LogP contribution in [0.1, 0.15) is 51.4 Å². The summed E-state index contributed by atoms with van der Waals surface area (Å²) in [4.78, 5) is 11.1. The highest BCUT2D eigenvalue weighted by Gasteiger charge is 2.30. The van der Waals surface area contributed by atoms with Crippen LogP contribution >= 0.6 is 15.9 Å². The summed E-state index contributed by atoms with van der Waals surface area (Å²) in [6.07, 6.45) is 10.3. The van der Waals surface area contributed by atoms with Gasteiger partial charge in [-0.25, -0.2) is 0 Å². The van der Waals surface area contributed by atoms with E-state index < -0.39 is 0 Å². The van der Waals surface area contributed by atoms with Gasteiger partial charge in [-0.2, -0.15) is 0 Å². The van der Waals surface area contributed by atoms with E-state index in [0.29, 0.717) is 0 Å². The fraction of sp³-hybridized carbons (Fsp3) is 0.750. The lowest BCUT2D eigenvalue weighted by atomic mass is 9.72. The van der Waals surface area contributed by atoms with Gasteiger partial charge in [-0.1, -0.05) is 41.8 Å². The number of carbonyl (C=O) groups is 1. The van der Waals surface area contributed by atoms with Gasteiger partial charge >= 0.3 is 0 Å². The second kappa shape index (κ2) is 5.69. The molecule has 0 bridgehead atoms. The molecule has 1 nitrogen and oxygen atoms in total. The second-order valence-electron chi connectivity index (χ2n) is 4.41. The van der Waals surface area contributed by atoms with Crippen molar-refractivity contribution in [1.82, 2.24) is 0 Å². The van der Waals surface area contributed by atoms with E-state index in [1.54, 1.807) is 0 Å². The smallest absolute Gasteiger partial charge is 0.126 e. The zero-order valence-corrected chi connectivity index (χ0v) is 10.3. The Morgan fingerprint density at radius 1 is 1.36 bits per heavy atom. The predicted molar refractivity (Wildman–Crippen MR) is 63.5 cm³/mol. The zero-order chi connectivity index (χ0) is 10.4. The summed E-state index contributed by atoms with van der Waals surface area (Å²) in [6.45, 7) is 3.81. The number of rotatable bonds is 5. The van der Waals surface area contributed by atoms with E-state index in [2.05, 4.69) is 22.5 Å². The van der Waals surface area contributed by atoms with Crippen molar-refractivity contribution in [2.24, 2.45) is 5.41 Å². The third-order valence-corrected chi connectivity index (χ3v) is 3.62. The molecule has 1 aliphatic carbocycles. The molecule has 0 aromatic carbocycles. The van der Waals surface area contributed by atoms with Crippen LogP contribution in [0, 0.1) is 5.41 Å². The van der Waals surface area contributed by atoms with Crippen molar-refractivity contribution in [3.8, 4) is 0 Å². The summed E-state index contributed by atoms with van der Waals surface area (Å²) in [6, 6.07) is 0. The lowest BCUT2D eigenvalue weighted by Crippen LogP contribution is -2.25. The lowest BCUT2D eigenvalue weighted by Gasteiger charge is -2.31. The molecule has 0 atom stereocenters. The van der Waals surface area contributed by atoms with Crippen molar-refractivity contribution >= 4 is 22.2 Å². The van der Waals surface area contributed by atoms with Gasteiger partial charge in [0.15, 0.2) is 0 Å². The monoisotopic (exact) mass is 258 g/mol. The number of hydrogen-bond acceptors (Lipinski definition) is 1. The molecule has 1 rings (SSSR count). The first-order chi connectivity index (χ1) is 6.68. The van der Waals surface area contributed by atoms with Crippen LogP contribution in [0.3, 0.4) is 0 Å². The maximum atomic E-state index is 11.1. The summed E-state index contributed by atoms with van der Waals surface area (Å²) in [5.41, 5.74) is 0.0146. The molecule has 0 unspecified atom stereocenters. The summed E-state index contributed by atoms with van der Waals surface area (Å²) in [7, 11) is 0. The molecular formula is C12H19BrO. The summed E-state index contributed by atoms with van der Waals surface area (Å²) < 4.78 is 1.05. The maximum absolute atomic E-state index is 11.1. The van der Waals surface area contributed by atoms with Gasteiger partial charge in [0.2, 0.25) is 0 Å². The minimum atomic E-state index is 0.0146. The maximum Gasteiger partial charge on any atom is 0.126 e. The van der Waals surface area contributed by atoms with E-state index in [9.17, 15) is 4.79 Å². The van der Waals surface area contributed by atoms with Gasteiger partial charge in [0.1, 0.15) is 6.29 Å². The molecule has 2 heteroatoms. The van der Waals surface area contributed by atoms with Gasteiger partial charge in [-0.3, -0.25) is 0 Å². The van der Waals surface area contributed by atoms with Crippen LogP contribution in [0.15, 0.2) is 11.1 Å². The number of hydrogen-bond donors (Lipinski definition) is 0. The number of carbonyl (C=O) groups excluding carboxylic acids is 1. The first kappa shape index (κ1) is 12.0. The lowest BCUT2D eigenvalue weighted by molar-refractivity contribution is -0.118. The molecule has 0 heterocycles. The summed E-state index contributed by atoms with van der Waals surface area (Å²) >= 11 is 3.36. The fourth-order valence-corrected chi connectivity index (χ4v) is 2.60. The summed E-state index contributed by atoms with van der Waals surface area (Å²) in [5.74, 6) is 0. The Balaban J connectivity index is 2.36. The van der Waals surface area contributed by atoms with Gasteiger partial charge in [0, 0.05) is 5.41 Å². The number of allylic oxidation sites excluding steroid dienone is 1. The average molecular weight is 259 g/mol. The first-order valence-corrected chi connectivity index (χ1v) is 6.27. The SMILES string of the molecule is C=C(Br)CCCC1(C=O)CCCCC1. The van der Waals surface area contributed by atoms with Gasteiger partial charge in [0.25, 0.3) is 0 Å². The van der Waals surface area contributed by atoms with E-state index in [1.165, 1.54) is 25.5 Å². The minimum absolute atomic E-state index is 0.0146. The highest BCUT2D eigenvalue weighted by Crippen LogP contribution is 2.39. The van der Waals surface area contributed by atoms with E-state index in [4.69, 9.17) is 0 Å². The van der Waals surface area contributed by atoms with Crippen LogP contribution < -0.4 is 0 Å². The molecular weight excluding hydrogens is 240 g/mol. The first-order valence-electron chi connectivity index (χ1n) is 5.48. The van der Waals surface area contributed by atoms with Crippen LogP contribution in [0.25, 0.3) is 0 Å². The number of halogens is 1.